The number of hydrogen-bond acceptors (Lipinski definition) is 4. The van der Waals surface area contributed by atoms with Crippen molar-refractivity contribution in [2.45, 2.75) is 25.3 Å². The molecule has 0 saturated carbocycles. The monoisotopic (exact) mass is 347 g/mol. The first-order chi connectivity index (χ1) is 9.51. The third-order valence-electron chi connectivity index (χ3n) is 2.41. The van der Waals surface area contributed by atoms with Gasteiger partial charge in [0, 0.05) is 10.9 Å². The van der Waals surface area contributed by atoms with Crippen LogP contribution in [0.1, 0.15) is 23.6 Å². The number of halogens is 3. The molecular formula is C13H12BrF2NO3. The van der Waals surface area contributed by atoms with Gasteiger partial charge >= 0.3 is 12.6 Å². The number of benzene rings is 1. The summed E-state index contributed by atoms with van der Waals surface area (Å²) < 4.78 is 33.8. The van der Waals surface area contributed by atoms with Crippen molar-refractivity contribution in [3.05, 3.63) is 28.8 Å². The molecule has 0 atom stereocenters. The van der Waals surface area contributed by atoms with E-state index in [1.807, 2.05) is 6.07 Å². The molecule has 7 heteroatoms. The number of carbonyl (C=O) groups is 1. The third kappa shape index (κ3) is 4.46. The normalized spacial score (nSPS) is 10.2. The van der Waals surface area contributed by atoms with Crippen molar-refractivity contribution in [3.8, 4) is 11.8 Å². The van der Waals surface area contributed by atoms with E-state index in [0.717, 1.165) is 0 Å². The molecule has 0 aliphatic heterocycles. The summed E-state index contributed by atoms with van der Waals surface area (Å²) in [7, 11) is 0. The van der Waals surface area contributed by atoms with Gasteiger partial charge in [-0.1, -0.05) is 15.9 Å². The average molecular weight is 348 g/mol. The molecule has 0 unspecified atom stereocenters. The number of nitrogens with zero attached hydrogens (tertiary/aromatic N) is 1. The number of esters is 1. The van der Waals surface area contributed by atoms with Crippen molar-refractivity contribution in [1.29, 1.82) is 5.26 Å². The van der Waals surface area contributed by atoms with E-state index in [2.05, 4.69) is 20.7 Å². The number of rotatable bonds is 6. The summed E-state index contributed by atoms with van der Waals surface area (Å²) in [5.41, 5.74) is 0.940. The molecule has 0 aromatic heterocycles. The highest BCUT2D eigenvalue weighted by Crippen LogP contribution is 2.27. The average Bonchev–Trinajstić information content (AvgIpc) is 2.38. The highest BCUT2D eigenvalue weighted by Gasteiger charge is 2.16. The fourth-order valence-electron chi connectivity index (χ4n) is 1.59. The summed E-state index contributed by atoms with van der Waals surface area (Å²) in [5.74, 6) is -0.589. The molecule has 0 bridgehead atoms. The second-order valence-corrected chi connectivity index (χ2v) is 4.28. The van der Waals surface area contributed by atoms with Crippen LogP contribution in [0.5, 0.6) is 5.75 Å². The lowest BCUT2D eigenvalue weighted by Crippen LogP contribution is -2.10. The van der Waals surface area contributed by atoms with Gasteiger partial charge in [-0.3, -0.25) is 4.79 Å². The van der Waals surface area contributed by atoms with Crippen molar-refractivity contribution in [2.75, 3.05) is 6.61 Å². The van der Waals surface area contributed by atoms with Gasteiger partial charge < -0.3 is 9.47 Å². The van der Waals surface area contributed by atoms with E-state index in [4.69, 9.17) is 10.00 Å². The molecule has 0 amide bonds. The summed E-state index contributed by atoms with van der Waals surface area (Å²) >= 11 is 3.14. The molecule has 0 radical (unpaired) electrons. The predicted octanol–water partition coefficient (Wildman–Crippen LogP) is 3.16. The van der Waals surface area contributed by atoms with Gasteiger partial charge in [-0.2, -0.15) is 14.0 Å². The van der Waals surface area contributed by atoms with Gasteiger partial charge in [-0.15, -0.1) is 0 Å². The van der Waals surface area contributed by atoms with Crippen LogP contribution in [-0.2, 0) is 21.3 Å². The van der Waals surface area contributed by atoms with E-state index in [9.17, 15) is 13.6 Å². The number of hydrogen-bond donors (Lipinski definition) is 0. The highest BCUT2D eigenvalue weighted by molar-refractivity contribution is 9.08. The van der Waals surface area contributed by atoms with Crippen molar-refractivity contribution in [3.63, 3.8) is 0 Å². The van der Waals surface area contributed by atoms with Gasteiger partial charge in [0.1, 0.15) is 5.75 Å². The Balaban J connectivity index is 3.14. The van der Waals surface area contributed by atoms with E-state index >= 15 is 0 Å². The maximum atomic E-state index is 12.3. The van der Waals surface area contributed by atoms with E-state index in [1.54, 1.807) is 6.92 Å². The summed E-state index contributed by atoms with van der Waals surface area (Å²) in [4.78, 5) is 11.4. The largest absolute Gasteiger partial charge is 0.466 e. The summed E-state index contributed by atoms with van der Waals surface area (Å²) in [6, 6.07) is 4.62. The van der Waals surface area contributed by atoms with Gasteiger partial charge in [0.2, 0.25) is 0 Å². The molecule has 1 rings (SSSR count). The van der Waals surface area contributed by atoms with Gasteiger partial charge in [0.25, 0.3) is 0 Å². The zero-order valence-electron chi connectivity index (χ0n) is 10.7. The number of ether oxygens (including phenoxy) is 2. The fraction of sp³-hybridized carbons (Fsp3) is 0.385. The van der Waals surface area contributed by atoms with Gasteiger partial charge in [-0.25, -0.2) is 0 Å². The standard InChI is InChI=1S/C13H12BrF2NO3/c1-2-19-12(18)5-8-4-11(20-13(15)16)9(6-14)3-10(8)7-17/h3-4,13H,2,5-6H2,1H3. The summed E-state index contributed by atoms with van der Waals surface area (Å²) in [6.07, 6.45) is -0.168. The fourth-order valence-corrected chi connectivity index (χ4v) is 2.03. The van der Waals surface area contributed by atoms with Crippen molar-refractivity contribution < 1.29 is 23.0 Å². The molecule has 1 aromatic rings. The van der Waals surface area contributed by atoms with Crippen molar-refractivity contribution in [2.24, 2.45) is 0 Å². The lowest BCUT2D eigenvalue weighted by atomic mass is 10.0. The summed E-state index contributed by atoms with van der Waals surface area (Å²) in [5, 5.41) is 9.30. The molecule has 0 spiro atoms. The molecule has 108 valence electrons. The molecule has 0 N–H and O–H groups in total. The van der Waals surface area contributed by atoms with Crippen molar-refractivity contribution in [1.82, 2.24) is 0 Å². The molecule has 0 heterocycles. The summed E-state index contributed by atoms with van der Waals surface area (Å²) in [6.45, 7) is -1.11. The van der Waals surface area contributed by atoms with Crippen LogP contribution in [0.4, 0.5) is 8.78 Å². The van der Waals surface area contributed by atoms with Crippen LogP contribution in [0.2, 0.25) is 0 Å². The Bertz CT molecular complexity index is 529. The van der Waals surface area contributed by atoms with Crippen LogP contribution in [0.25, 0.3) is 0 Å². The molecule has 4 nitrogen and oxygen atoms in total. The van der Waals surface area contributed by atoms with E-state index in [-0.39, 0.29) is 29.7 Å². The SMILES string of the molecule is CCOC(=O)Cc1cc(OC(F)F)c(CBr)cc1C#N. The number of alkyl halides is 3. The van der Waals surface area contributed by atoms with Crippen LogP contribution >= 0.6 is 15.9 Å². The quantitative estimate of drug-likeness (QED) is 0.585. The van der Waals surface area contributed by atoms with Gasteiger partial charge in [0.05, 0.1) is 24.7 Å². The Labute approximate surface area is 123 Å². The maximum absolute atomic E-state index is 12.3. The number of carbonyl (C=O) groups excluding carboxylic acids is 1. The van der Waals surface area contributed by atoms with Crippen LogP contribution in [0, 0.1) is 11.3 Å². The second-order valence-electron chi connectivity index (χ2n) is 3.72. The molecule has 0 aliphatic rings. The van der Waals surface area contributed by atoms with E-state index < -0.39 is 12.6 Å². The number of nitriles is 1. The van der Waals surface area contributed by atoms with Crippen LogP contribution < -0.4 is 4.74 Å². The molecule has 0 saturated heterocycles. The Morgan fingerprint density at radius 1 is 1.45 bits per heavy atom. The Morgan fingerprint density at radius 2 is 2.15 bits per heavy atom. The molecule has 0 fully saturated rings. The zero-order valence-corrected chi connectivity index (χ0v) is 12.2. The molecular weight excluding hydrogens is 336 g/mol. The maximum Gasteiger partial charge on any atom is 0.387 e. The minimum atomic E-state index is -2.98. The Hall–Kier alpha value is -1.68. The van der Waals surface area contributed by atoms with Crippen molar-refractivity contribution >= 4 is 21.9 Å². The topological polar surface area (TPSA) is 59.3 Å². The van der Waals surface area contributed by atoms with E-state index in [0.29, 0.717) is 11.1 Å². The molecule has 20 heavy (non-hydrogen) atoms. The lowest BCUT2D eigenvalue weighted by molar-refractivity contribution is -0.142. The third-order valence-corrected chi connectivity index (χ3v) is 3.01. The first-order valence-corrected chi connectivity index (χ1v) is 6.86. The Kier molecular flexibility index (Phi) is 6.39. The highest BCUT2D eigenvalue weighted by atomic mass is 79.9. The predicted molar refractivity (Wildman–Crippen MR) is 70.8 cm³/mol. The Morgan fingerprint density at radius 3 is 2.65 bits per heavy atom. The van der Waals surface area contributed by atoms with E-state index in [1.165, 1.54) is 12.1 Å². The lowest BCUT2D eigenvalue weighted by Gasteiger charge is -2.12. The van der Waals surface area contributed by atoms with Crippen LogP contribution in [-0.4, -0.2) is 19.2 Å². The first-order valence-electron chi connectivity index (χ1n) is 5.74. The molecule has 0 aliphatic carbocycles. The van der Waals surface area contributed by atoms with Gasteiger partial charge in [0.15, 0.2) is 0 Å². The smallest absolute Gasteiger partial charge is 0.387 e. The zero-order chi connectivity index (χ0) is 15.1. The molecule has 1 aromatic carbocycles. The second kappa shape index (κ2) is 7.80. The van der Waals surface area contributed by atoms with Gasteiger partial charge in [-0.05, 0) is 24.6 Å². The first kappa shape index (κ1) is 16.4. The van der Waals surface area contributed by atoms with Crippen LogP contribution in [0.3, 0.4) is 0 Å². The van der Waals surface area contributed by atoms with Crippen LogP contribution in [0.15, 0.2) is 12.1 Å². The minimum Gasteiger partial charge on any atom is -0.466 e. The minimum absolute atomic E-state index is 0.0600.